The van der Waals surface area contributed by atoms with E-state index in [1.807, 2.05) is 23.2 Å². The van der Waals surface area contributed by atoms with Crippen molar-refractivity contribution < 1.29 is 37.4 Å². The monoisotopic (exact) mass is 1060 g/mol. The number of fused-ring (bicyclic) bond motifs is 2. The third-order valence-electron chi connectivity index (χ3n) is 12.9. The largest absolute Gasteiger partial charge is 0.441 e. The molecule has 2 unspecified atom stereocenters. The zero-order valence-electron chi connectivity index (χ0n) is 40.2. The van der Waals surface area contributed by atoms with Crippen LogP contribution in [0, 0.1) is 11.6 Å². The number of nitrogens with two attached hydrogens (primary N) is 1. The van der Waals surface area contributed by atoms with Gasteiger partial charge in [-0.25, -0.2) is 37.9 Å². The molecule has 0 radical (unpaired) electrons. The van der Waals surface area contributed by atoms with E-state index in [9.17, 15) is 28.0 Å². The number of carbonyl (C=O) groups excluding carboxylic acids is 4. The number of rotatable bonds is 11. The number of aromatic nitrogens is 10. The molecular weight excluding hydrogens is 1000 g/mol. The van der Waals surface area contributed by atoms with Gasteiger partial charge in [-0.1, -0.05) is 30.6 Å². The van der Waals surface area contributed by atoms with E-state index in [4.69, 9.17) is 38.4 Å². The van der Waals surface area contributed by atoms with E-state index in [1.54, 1.807) is 25.1 Å². The summed E-state index contributed by atoms with van der Waals surface area (Å²) in [6.45, 7) is 0.0300. The molecule has 390 valence electrons. The molecule has 7 aromatic rings. The van der Waals surface area contributed by atoms with Gasteiger partial charge in [0.1, 0.15) is 42.0 Å². The Morgan fingerprint density at radius 2 is 1.20 bits per heavy atom. The Morgan fingerprint density at radius 1 is 0.703 bits per heavy atom. The van der Waals surface area contributed by atoms with Crippen LogP contribution >= 0.6 is 23.2 Å². The van der Waals surface area contributed by atoms with E-state index in [-0.39, 0.29) is 54.6 Å². The average Bonchev–Trinajstić information content (AvgIpc) is 3.85. The Labute approximate surface area is 434 Å². The molecule has 3 amide bonds. The average molecular weight is 1060 g/mol. The molecule has 0 saturated heterocycles. The summed E-state index contributed by atoms with van der Waals surface area (Å²) in [6, 6.07) is 8.03. The topological polar surface area (TPSA) is 238 Å². The third-order valence-corrected chi connectivity index (χ3v) is 13.5. The minimum absolute atomic E-state index is 0. The number of carbonyl (C=O) groups is 4. The first-order valence-corrected chi connectivity index (χ1v) is 24.3. The molecular formula is C50H56Cl2F2N14O6. The number of anilines is 2. The number of alkyl carbamates (subject to hydrolysis) is 1. The summed E-state index contributed by atoms with van der Waals surface area (Å²) >= 11 is 11.7. The van der Waals surface area contributed by atoms with E-state index in [2.05, 4.69) is 41.1 Å². The maximum atomic E-state index is 13.5. The van der Waals surface area contributed by atoms with Crippen molar-refractivity contribution in [3.63, 3.8) is 0 Å². The molecule has 0 spiro atoms. The van der Waals surface area contributed by atoms with Gasteiger partial charge in [0.2, 0.25) is 0 Å². The van der Waals surface area contributed by atoms with E-state index >= 15 is 0 Å². The number of imidazole rings is 1. The minimum Gasteiger partial charge on any atom is -0.441 e. The van der Waals surface area contributed by atoms with Crippen LogP contribution in [0.5, 0.6) is 0 Å². The molecule has 74 heavy (non-hydrogen) atoms. The summed E-state index contributed by atoms with van der Waals surface area (Å²) in [5.41, 5.74) is 14.8. The van der Waals surface area contributed by atoms with Gasteiger partial charge in [-0.15, -0.1) is 0 Å². The van der Waals surface area contributed by atoms with E-state index in [0.29, 0.717) is 59.1 Å². The predicted octanol–water partition coefficient (Wildman–Crippen LogP) is 8.72. The summed E-state index contributed by atoms with van der Waals surface area (Å²) in [6.07, 6.45) is 13.8. The lowest BCUT2D eigenvalue weighted by molar-refractivity contribution is 0.101. The van der Waals surface area contributed by atoms with Crippen molar-refractivity contribution in [1.29, 1.82) is 0 Å². The quantitative estimate of drug-likeness (QED) is 0.0952. The smallest absolute Gasteiger partial charge is 0.419 e. The van der Waals surface area contributed by atoms with Crippen molar-refractivity contribution in [2.75, 3.05) is 10.6 Å². The van der Waals surface area contributed by atoms with Gasteiger partial charge in [0, 0.05) is 69.4 Å². The zero-order chi connectivity index (χ0) is 51.7. The summed E-state index contributed by atoms with van der Waals surface area (Å²) in [7, 11) is 7.30. The molecule has 2 saturated carbocycles. The molecule has 4 aliphatic carbocycles. The van der Waals surface area contributed by atoms with Crippen molar-refractivity contribution in [1.82, 2.24) is 53.5 Å². The minimum atomic E-state index is -0.553. The first-order valence-electron chi connectivity index (χ1n) is 23.5. The molecule has 20 nitrogen and oxygen atoms in total. The van der Waals surface area contributed by atoms with Crippen LogP contribution in [-0.2, 0) is 63.7 Å². The van der Waals surface area contributed by atoms with Gasteiger partial charge in [0.15, 0.2) is 24.9 Å². The molecule has 2 atom stereocenters. The molecule has 5 aromatic heterocycles. The number of aryl methyl sites for hydroxylation is 2. The molecule has 2 fully saturated rings. The van der Waals surface area contributed by atoms with Crippen LogP contribution in [-0.4, -0.2) is 72.2 Å². The number of halogens is 4. The number of nitrogens with one attached hydrogen (secondary N) is 3. The lowest BCUT2D eigenvalue weighted by Gasteiger charge is -2.16. The number of hydrogen-bond donors (Lipinski definition) is 4. The highest BCUT2D eigenvalue weighted by Crippen LogP contribution is 2.50. The van der Waals surface area contributed by atoms with Crippen molar-refractivity contribution in [3.8, 4) is 0 Å². The van der Waals surface area contributed by atoms with Crippen LogP contribution in [0.1, 0.15) is 136 Å². The fourth-order valence-electron chi connectivity index (χ4n) is 9.49. The van der Waals surface area contributed by atoms with E-state index in [0.717, 1.165) is 60.9 Å². The lowest BCUT2D eigenvalue weighted by atomic mass is 10.1. The van der Waals surface area contributed by atoms with E-state index in [1.165, 1.54) is 82.0 Å². The van der Waals surface area contributed by atoms with Crippen molar-refractivity contribution in [2.45, 2.75) is 95.9 Å². The number of amides is 3. The Kier molecular flexibility index (Phi) is 16.0. The van der Waals surface area contributed by atoms with Gasteiger partial charge < -0.3 is 40.3 Å². The zero-order valence-corrected chi connectivity index (χ0v) is 41.8. The lowest BCUT2D eigenvalue weighted by Crippen LogP contribution is -2.28. The Morgan fingerprint density at radius 3 is 1.68 bits per heavy atom. The summed E-state index contributed by atoms with van der Waals surface area (Å²) in [4.78, 5) is 61.6. The summed E-state index contributed by atoms with van der Waals surface area (Å²) < 4.78 is 45.3. The standard InChI is InChI=1S/C23H24ClFN6O3.C18H19ClFN3O.C8H9N5O2.CH4/c1-30-11-26-18(29-30)10-34-23(33)28-17-8-6-14-19(17)20(12-3-4-12)31(2)21(14)22(32)27-13-5-7-16(25)15(24)9-13;1-23-16(9-2-3-9)15-11(5-7-14(15)21)17(23)18(24)22-10-4-6-13(20)12(19)8-10;1-12-6-10-7(11-12)4-15-8(14)13-3-2-9-5-13;/h5,7,9,11-12,17H,3-4,6,8,10H2,1-2H3,(H,27,32)(H,28,33);4,6,8-9,14H,2-3,5,7,21H2,1H3,(H,22,24);2-3,5-6H,4H2,1H3;1H4. The van der Waals surface area contributed by atoms with Gasteiger partial charge in [0.25, 0.3) is 11.8 Å². The predicted molar refractivity (Wildman–Crippen MR) is 270 cm³/mol. The molecule has 5 N–H and O–H groups in total. The highest BCUT2D eigenvalue weighted by molar-refractivity contribution is 6.31. The van der Waals surface area contributed by atoms with Crippen molar-refractivity contribution in [3.05, 3.63) is 146 Å². The van der Waals surface area contributed by atoms with Crippen LogP contribution < -0.4 is 21.7 Å². The van der Waals surface area contributed by atoms with Crippen LogP contribution in [0.4, 0.5) is 29.7 Å². The number of hydrogen-bond acceptors (Lipinski definition) is 12. The van der Waals surface area contributed by atoms with Gasteiger partial charge in [-0.05, 0) is 122 Å². The third kappa shape index (κ3) is 11.7. The second-order valence-corrected chi connectivity index (χ2v) is 19.0. The Bertz CT molecular complexity index is 3210. The highest BCUT2D eigenvalue weighted by atomic mass is 35.5. The summed E-state index contributed by atoms with van der Waals surface area (Å²) in [5.74, 6) is 0.224. The second kappa shape index (κ2) is 22.4. The van der Waals surface area contributed by atoms with Gasteiger partial charge >= 0.3 is 12.2 Å². The second-order valence-electron chi connectivity index (χ2n) is 18.2. The number of ether oxygens (including phenoxy) is 2. The Balaban J connectivity index is 0.000000159. The van der Waals surface area contributed by atoms with Gasteiger partial charge in [-0.2, -0.15) is 10.2 Å². The van der Waals surface area contributed by atoms with Crippen LogP contribution in [0.15, 0.2) is 67.8 Å². The van der Waals surface area contributed by atoms with Crippen LogP contribution in [0.2, 0.25) is 10.0 Å². The molecule has 0 bridgehead atoms. The molecule has 11 rings (SSSR count). The summed E-state index contributed by atoms with van der Waals surface area (Å²) in [5, 5.41) is 16.6. The molecule has 2 aromatic carbocycles. The number of nitrogens with zero attached hydrogens (tertiary/aromatic N) is 10. The highest BCUT2D eigenvalue weighted by Gasteiger charge is 2.41. The van der Waals surface area contributed by atoms with Crippen LogP contribution in [0.3, 0.4) is 0 Å². The molecule has 4 aliphatic rings. The normalized spacial score (nSPS) is 16.1. The molecule has 5 heterocycles. The Hall–Kier alpha value is -7.43. The molecule has 24 heteroatoms. The fraction of sp³-hybridized carbons (Fsp3) is 0.380. The van der Waals surface area contributed by atoms with Crippen molar-refractivity contribution >= 4 is 58.6 Å². The first-order chi connectivity index (χ1) is 35.0. The van der Waals surface area contributed by atoms with Gasteiger partial charge in [0.05, 0.1) is 16.1 Å². The maximum absolute atomic E-state index is 13.5. The van der Waals surface area contributed by atoms with Gasteiger partial charge in [-0.3, -0.25) is 19.0 Å². The molecule has 0 aliphatic heterocycles. The maximum Gasteiger partial charge on any atom is 0.419 e. The SMILES string of the molecule is C.Cn1c(C(=O)Nc2ccc(F)c(Cl)c2)c2c(c1C1CC1)C(N)CC2.Cn1cnc(COC(=O)NC2CCc3c2c(C2CC2)n(C)c3C(=O)Nc2ccc(F)c(Cl)c2)n1.Cn1cnc(COC(=O)n2ccnc2)n1. The number of benzene rings is 2. The van der Waals surface area contributed by atoms with E-state index < -0.39 is 23.8 Å². The fourth-order valence-corrected chi connectivity index (χ4v) is 9.85. The van der Waals surface area contributed by atoms with Crippen molar-refractivity contribution in [2.24, 2.45) is 33.9 Å². The first kappa shape index (κ1) is 52.9. The van der Waals surface area contributed by atoms with Crippen LogP contribution in [0.25, 0.3) is 0 Å².